The monoisotopic (exact) mass is 445 g/mol. The standard InChI is InChI=1S/C20H23NO.C7H8N2O2/c1-21(18-9-6-16(7-10-18)13-15-4-5-15)19-11-8-17-3-2-12-22-20(17)14-19;1-8-6-4-9-3-2-5(6)7(10)11/h6-11,14-15H,2-5,12-13H2,1H3;2-4,8H,1H3,(H,10,11). The predicted molar refractivity (Wildman–Crippen MR) is 132 cm³/mol. The number of aromatic carboxylic acids is 1. The largest absolute Gasteiger partial charge is 0.493 e. The highest BCUT2D eigenvalue weighted by molar-refractivity contribution is 5.93. The Balaban J connectivity index is 0.000000200. The van der Waals surface area contributed by atoms with Crippen molar-refractivity contribution < 1.29 is 14.6 Å². The lowest BCUT2D eigenvalue weighted by Gasteiger charge is -2.23. The minimum absolute atomic E-state index is 0.238. The Kier molecular flexibility index (Phi) is 7.13. The third-order valence-corrected chi connectivity index (χ3v) is 6.15. The first-order valence-corrected chi connectivity index (χ1v) is 11.5. The smallest absolute Gasteiger partial charge is 0.337 e. The molecule has 33 heavy (non-hydrogen) atoms. The quantitative estimate of drug-likeness (QED) is 0.518. The number of anilines is 3. The van der Waals surface area contributed by atoms with E-state index in [9.17, 15) is 4.79 Å². The highest BCUT2D eigenvalue weighted by Crippen LogP contribution is 2.34. The zero-order valence-electron chi connectivity index (χ0n) is 19.3. The van der Waals surface area contributed by atoms with Crippen LogP contribution in [0.5, 0.6) is 5.75 Å². The maximum atomic E-state index is 10.5. The van der Waals surface area contributed by atoms with Crippen LogP contribution in [0.1, 0.15) is 40.7 Å². The van der Waals surface area contributed by atoms with Gasteiger partial charge in [-0.05, 0) is 73.4 Å². The van der Waals surface area contributed by atoms with Crippen molar-refractivity contribution in [2.24, 2.45) is 5.92 Å². The number of aromatic nitrogens is 1. The van der Waals surface area contributed by atoms with Crippen LogP contribution in [0.2, 0.25) is 0 Å². The van der Waals surface area contributed by atoms with E-state index in [4.69, 9.17) is 9.84 Å². The van der Waals surface area contributed by atoms with Crippen LogP contribution >= 0.6 is 0 Å². The molecule has 2 N–H and O–H groups in total. The van der Waals surface area contributed by atoms with Crippen LogP contribution in [-0.2, 0) is 12.8 Å². The maximum absolute atomic E-state index is 10.5. The molecule has 2 aliphatic rings. The first kappa shape index (κ1) is 22.6. The first-order valence-electron chi connectivity index (χ1n) is 11.5. The van der Waals surface area contributed by atoms with Gasteiger partial charge in [-0.1, -0.05) is 18.2 Å². The summed E-state index contributed by atoms with van der Waals surface area (Å²) >= 11 is 0. The summed E-state index contributed by atoms with van der Waals surface area (Å²) in [7, 11) is 3.78. The number of carbonyl (C=O) groups is 1. The number of fused-ring (bicyclic) bond motifs is 1. The normalized spacial score (nSPS) is 14.2. The second-order valence-electron chi connectivity index (χ2n) is 8.59. The third-order valence-electron chi connectivity index (χ3n) is 6.15. The molecule has 1 saturated carbocycles. The number of nitrogens with one attached hydrogen (secondary N) is 1. The van der Waals surface area contributed by atoms with E-state index in [-0.39, 0.29) is 5.56 Å². The number of ether oxygens (including phenoxy) is 1. The molecule has 6 nitrogen and oxygen atoms in total. The number of carboxylic acid groups (broad SMARTS) is 1. The summed E-state index contributed by atoms with van der Waals surface area (Å²) in [4.78, 5) is 16.5. The van der Waals surface area contributed by atoms with Crippen LogP contribution in [-0.4, -0.2) is 36.8 Å². The van der Waals surface area contributed by atoms with Gasteiger partial charge in [0.2, 0.25) is 0 Å². The number of carboxylic acids is 1. The van der Waals surface area contributed by atoms with Gasteiger partial charge in [-0.2, -0.15) is 0 Å². The topological polar surface area (TPSA) is 74.7 Å². The van der Waals surface area contributed by atoms with Crippen molar-refractivity contribution in [3.05, 3.63) is 77.6 Å². The molecular weight excluding hydrogens is 414 g/mol. The Hall–Kier alpha value is -3.54. The van der Waals surface area contributed by atoms with Crippen LogP contribution in [0.3, 0.4) is 0 Å². The highest BCUT2D eigenvalue weighted by atomic mass is 16.5. The van der Waals surface area contributed by atoms with Crippen LogP contribution in [0, 0.1) is 5.92 Å². The van der Waals surface area contributed by atoms with E-state index in [1.807, 2.05) is 0 Å². The minimum Gasteiger partial charge on any atom is -0.493 e. The molecule has 2 aromatic carbocycles. The average Bonchev–Trinajstić information content (AvgIpc) is 3.68. The second kappa shape index (κ2) is 10.4. The van der Waals surface area contributed by atoms with E-state index in [2.05, 4.69) is 64.7 Å². The molecule has 1 aliphatic heterocycles. The Morgan fingerprint density at radius 2 is 1.91 bits per heavy atom. The van der Waals surface area contributed by atoms with Crippen LogP contribution in [0.15, 0.2) is 60.9 Å². The molecule has 5 rings (SSSR count). The molecule has 6 heteroatoms. The molecule has 1 aliphatic carbocycles. The summed E-state index contributed by atoms with van der Waals surface area (Å²) in [6, 6.07) is 17.1. The average molecular weight is 446 g/mol. The Morgan fingerprint density at radius 3 is 2.58 bits per heavy atom. The zero-order chi connectivity index (χ0) is 23.2. The van der Waals surface area contributed by atoms with Crippen molar-refractivity contribution in [1.82, 2.24) is 4.98 Å². The maximum Gasteiger partial charge on any atom is 0.337 e. The number of aryl methyl sites for hydroxylation is 1. The van der Waals surface area contributed by atoms with Crippen molar-refractivity contribution >= 4 is 23.0 Å². The van der Waals surface area contributed by atoms with E-state index in [1.165, 1.54) is 60.2 Å². The number of hydrogen-bond donors (Lipinski definition) is 2. The number of pyridine rings is 1. The molecule has 0 spiro atoms. The summed E-state index contributed by atoms with van der Waals surface area (Å²) in [6.07, 6.45) is 9.26. The van der Waals surface area contributed by atoms with Crippen molar-refractivity contribution in [3.8, 4) is 5.75 Å². The van der Waals surface area contributed by atoms with Gasteiger partial charge < -0.3 is 20.1 Å². The lowest BCUT2D eigenvalue weighted by molar-refractivity contribution is 0.0698. The molecule has 0 radical (unpaired) electrons. The lowest BCUT2D eigenvalue weighted by Crippen LogP contribution is -2.12. The van der Waals surface area contributed by atoms with Gasteiger partial charge in [-0.3, -0.25) is 4.98 Å². The fourth-order valence-corrected chi connectivity index (χ4v) is 3.98. The van der Waals surface area contributed by atoms with Gasteiger partial charge in [0.25, 0.3) is 0 Å². The van der Waals surface area contributed by atoms with Crippen LogP contribution < -0.4 is 15.0 Å². The predicted octanol–water partition coefficient (Wildman–Crippen LogP) is 5.55. The van der Waals surface area contributed by atoms with Crippen LogP contribution in [0.25, 0.3) is 0 Å². The van der Waals surface area contributed by atoms with E-state index in [0.717, 1.165) is 31.1 Å². The van der Waals surface area contributed by atoms with E-state index in [0.29, 0.717) is 5.69 Å². The Morgan fingerprint density at radius 1 is 1.15 bits per heavy atom. The van der Waals surface area contributed by atoms with Gasteiger partial charge in [-0.15, -0.1) is 0 Å². The summed E-state index contributed by atoms with van der Waals surface area (Å²) < 4.78 is 5.79. The molecule has 0 saturated heterocycles. The number of benzene rings is 2. The molecular formula is C27H31N3O3. The fourth-order valence-electron chi connectivity index (χ4n) is 3.98. The molecule has 172 valence electrons. The number of nitrogens with zero attached hydrogens (tertiary/aromatic N) is 2. The highest BCUT2D eigenvalue weighted by Gasteiger charge is 2.21. The first-order chi connectivity index (χ1) is 16.0. The van der Waals surface area contributed by atoms with Crippen molar-refractivity contribution in [3.63, 3.8) is 0 Å². The summed E-state index contributed by atoms with van der Waals surface area (Å²) in [5.41, 5.74) is 5.99. The van der Waals surface area contributed by atoms with Gasteiger partial charge in [0, 0.05) is 37.7 Å². The molecule has 1 aromatic heterocycles. The third kappa shape index (κ3) is 5.83. The molecule has 0 bridgehead atoms. The van der Waals surface area contributed by atoms with Gasteiger partial charge in [0.1, 0.15) is 5.75 Å². The van der Waals surface area contributed by atoms with E-state index >= 15 is 0 Å². The SMILES string of the molecule is CN(c1ccc(CC2CC2)cc1)c1ccc2c(c1)OCCC2.CNc1cnccc1C(=O)O. The lowest BCUT2D eigenvalue weighted by atomic mass is 10.1. The van der Waals surface area contributed by atoms with Crippen molar-refractivity contribution in [1.29, 1.82) is 0 Å². The minimum atomic E-state index is -0.947. The molecule has 0 unspecified atom stereocenters. The Labute approximate surface area is 195 Å². The fraction of sp³-hybridized carbons (Fsp3) is 0.333. The van der Waals surface area contributed by atoms with Gasteiger partial charge in [0.05, 0.1) is 24.1 Å². The van der Waals surface area contributed by atoms with Crippen LogP contribution in [0.4, 0.5) is 17.1 Å². The van der Waals surface area contributed by atoms with Crippen molar-refractivity contribution in [2.45, 2.75) is 32.1 Å². The van der Waals surface area contributed by atoms with Gasteiger partial charge in [-0.25, -0.2) is 4.79 Å². The summed E-state index contributed by atoms with van der Waals surface area (Å²) in [5, 5.41) is 11.4. The van der Waals surface area contributed by atoms with Crippen molar-refractivity contribution in [2.75, 3.05) is 30.9 Å². The summed E-state index contributed by atoms with van der Waals surface area (Å²) in [5.74, 6) is 1.05. The molecule has 0 atom stereocenters. The van der Waals surface area contributed by atoms with Gasteiger partial charge in [0.15, 0.2) is 0 Å². The summed E-state index contributed by atoms with van der Waals surface area (Å²) in [6.45, 7) is 0.843. The second-order valence-corrected chi connectivity index (χ2v) is 8.59. The number of hydrogen-bond acceptors (Lipinski definition) is 5. The molecule has 0 amide bonds. The van der Waals surface area contributed by atoms with E-state index in [1.54, 1.807) is 7.05 Å². The molecule has 1 fully saturated rings. The Bertz CT molecular complexity index is 1090. The molecule has 3 aromatic rings. The number of rotatable bonds is 6. The van der Waals surface area contributed by atoms with Gasteiger partial charge >= 0.3 is 5.97 Å². The van der Waals surface area contributed by atoms with E-state index < -0.39 is 5.97 Å². The zero-order valence-corrected chi connectivity index (χ0v) is 19.3. The molecule has 2 heterocycles.